The van der Waals surface area contributed by atoms with Crippen molar-refractivity contribution in [2.24, 2.45) is 0 Å². The fraction of sp³-hybridized carbons (Fsp3) is 0.255. The predicted octanol–water partition coefficient (Wildman–Crippen LogP) is 11.5. The van der Waals surface area contributed by atoms with E-state index in [1.165, 1.54) is 55.6 Å². The number of ether oxygens (including phenoxy) is 3. The molecule has 456 valence electrons. The van der Waals surface area contributed by atoms with Gasteiger partial charge in [-0.05, 0) is 116 Å². The van der Waals surface area contributed by atoms with Crippen molar-refractivity contribution in [3.8, 4) is 67.9 Å². The van der Waals surface area contributed by atoms with Crippen LogP contribution in [0.25, 0.3) is 66.8 Å². The van der Waals surface area contributed by atoms with Gasteiger partial charge in [0, 0.05) is 86.1 Å². The third-order valence-corrected chi connectivity index (χ3v) is 17.9. The summed E-state index contributed by atoms with van der Waals surface area (Å²) < 4.78 is 130. The second kappa shape index (κ2) is 29.3. The summed E-state index contributed by atoms with van der Waals surface area (Å²) in [5, 5.41) is 11.0. The van der Waals surface area contributed by atoms with Gasteiger partial charge in [-0.25, -0.2) is 22.8 Å². The topological polar surface area (TPSA) is 370 Å². The van der Waals surface area contributed by atoms with Gasteiger partial charge in [-0.3, -0.25) is 33.2 Å². The van der Waals surface area contributed by atoms with Crippen LogP contribution >= 0.6 is 39.1 Å². The Balaban J connectivity index is 0.000000366. The fourth-order valence-corrected chi connectivity index (χ4v) is 13.8. The normalized spacial score (nSPS) is 17.7. The summed E-state index contributed by atoms with van der Waals surface area (Å²) in [5.74, 6) is 1.35. The molecule has 0 spiro atoms. The Morgan fingerprint density at radius 3 is 1.37 bits per heavy atom. The molecule has 0 bridgehead atoms. The molecule has 4 aromatic rings. The lowest BCUT2D eigenvalue weighted by atomic mass is 9.91. The first-order chi connectivity index (χ1) is 38.9. The summed E-state index contributed by atoms with van der Waals surface area (Å²) in [6, 6.07) is 28.0. The molecular weight excluding hydrogens is 1250 g/mol. The highest BCUT2D eigenvalue weighted by Gasteiger charge is 2.47. The molecule has 25 nitrogen and oxygen atoms in total. The van der Waals surface area contributed by atoms with Crippen molar-refractivity contribution in [1.29, 1.82) is 0 Å². The van der Waals surface area contributed by atoms with E-state index < -0.39 is 76.9 Å². The van der Waals surface area contributed by atoms with Gasteiger partial charge < -0.3 is 51.9 Å². The fourth-order valence-electron chi connectivity index (χ4n) is 8.47. The van der Waals surface area contributed by atoms with Gasteiger partial charge in [-0.1, -0.05) is 27.0 Å². The number of aliphatic hydroxyl groups is 1. The zero-order valence-corrected chi connectivity index (χ0v) is 49.3. The van der Waals surface area contributed by atoms with Gasteiger partial charge in [0.15, 0.2) is 10.9 Å². The number of halogens is 1. The van der Waals surface area contributed by atoms with E-state index in [2.05, 4.69) is 44.4 Å². The van der Waals surface area contributed by atoms with Gasteiger partial charge in [0.1, 0.15) is 51.8 Å². The van der Waals surface area contributed by atoms with Crippen LogP contribution in [0.2, 0.25) is 0 Å². The first kappa shape index (κ1) is 69.3. The number of phosphoric acid groups is 5. The lowest BCUT2D eigenvalue weighted by molar-refractivity contribution is -0.0167. The van der Waals surface area contributed by atoms with Crippen LogP contribution in [0.15, 0.2) is 128 Å². The van der Waals surface area contributed by atoms with Crippen LogP contribution < -0.4 is 29.4 Å². The quantitative estimate of drug-likeness (QED) is 0.0329. The Hall–Kier alpha value is -5.50. The summed E-state index contributed by atoms with van der Waals surface area (Å²) in [4.78, 5) is 81.9. The third-order valence-electron chi connectivity index (χ3n) is 11.6. The number of rotatable bonds is 17. The molecule has 0 aromatic heterocycles. The van der Waals surface area contributed by atoms with Crippen LogP contribution in [0.3, 0.4) is 0 Å². The van der Waals surface area contributed by atoms with Gasteiger partial charge >= 0.3 is 39.1 Å². The lowest BCUT2D eigenvalue weighted by Crippen LogP contribution is -2.26. The summed E-state index contributed by atoms with van der Waals surface area (Å²) in [6.07, 6.45) is -2.41. The molecule has 1 saturated heterocycles. The molecule has 33 heteroatoms. The van der Waals surface area contributed by atoms with Crippen molar-refractivity contribution in [2.45, 2.75) is 60.4 Å². The monoisotopic (exact) mass is 1310 g/mol. The molecule has 2 aliphatic carbocycles. The molecule has 7 N–H and O–H groups in total. The number of fused-ring (bicyclic) bond motifs is 4. The molecule has 1 fully saturated rings. The predicted molar refractivity (Wildman–Crippen MR) is 314 cm³/mol. The number of alkyl halides is 1. The van der Waals surface area contributed by atoms with Crippen molar-refractivity contribution in [3.05, 3.63) is 141 Å². The molecule has 9 rings (SSSR count). The number of hydrogen-bond acceptors (Lipinski definition) is 21. The molecule has 3 aliphatic heterocycles. The third kappa shape index (κ3) is 18.3. The number of phosphoric ester groups is 3. The van der Waals surface area contributed by atoms with Crippen LogP contribution in [0.1, 0.15) is 40.7 Å². The molecule has 0 amide bonds. The standard InChI is InChI=1S/C27H30O18P4.C21H17O7P.CH3F.2CH4.S2/c1-15-10-18(38-3)5-8-20(15)27-21-7-4-17(28)12-24(21)41-25-13-19(6-9-22(25)27)42-47(32,33)44-49(36,37)45-48(34,35)43-46(30,31)39-14-26-23(29)11-16(2)40-26;1-12-9-14(26-2)4-7-16(12)21-17-6-3-13(22)10-19(17)27-20-11-15(5-8-18(20)21)28-29(23,24)25;1-2;;;1-2/h4-10,12-13,16,23,26,29H,11,14H2,1-3H3,(H,30,31)(H,32,33)(H,34,35)(H,36,37);3-11H,1-2H3,(H2,23,24,25);1H3;2*1H4;/t16-,23?,26+;;;;;/m0...../s1/i;;1D;;;. The maximum absolute atomic E-state index is 12.7. The molecule has 0 saturated carbocycles. The summed E-state index contributed by atoms with van der Waals surface area (Å²) >= 11 is 7.33. The van der Waals surface area contributed by atoms with E-state index in [0.717, 1.165) is 45.2 Å². The van der Waals surface area contributed by atoms with E-state index in [0.29, 0.717) is 39.0 Å². The molecule has 0 radical (unpaired) electrons. The van der Waals surface area contributed by atoms with Crippen LogP contribution in [-0.4, -0.2) is 80.8 Å². The maximum atomic E-state index is 12.7. The second-order valence-electron chi connectivity index (χ2n) is 17.3. The van der Waals surface area contributed by atoms with E-state index in [9.17, 15) is 61.5 Å². The van der Waals surface area contributed by atoms with E-state index in [1.54, 1.807) is 50.4 Å². The van der Waals surface area contributed by atoms with E-state index >= 15 is 0 Å². The summed E-state index contributed by atoms with van der Waals surface area (Å²) in [7, 11) is -25.8. The first-order valence-electron chi connectivity index (χ1n) is 23.8. The van der Waals surface area contributed by atoms with Crippen LogP contribution in [-0.2, 0) is 67.4 Å². The molecule has 3 heterocycles. The molecule has 84 heavy (non-hydrogen) atoms. The van der Waals surface area contributed by atoms with Crippen molar-refractivity contribution in [1.82, 2.24) is 0 Å². The highest BCUT2D eigenvalue weighted by atomic mass is 32.8. The summed E-state index contributed by atoms with van der Waals surface area (Å²) in [5.41, 5.74) is 6.00. The minimum Gasteiger partial charge on any atom is -0.497 e. The Morgan fingerprint density at radius 2 is 0.976 bits per heavy atom. The lowest BCUT2D eigenvalue weighted by Gasteiger charge is -2.21. The number of methoxy groups -OCH3 is 2. The SMILES string of the molecule is C.C.COc1ccc(-c2c3ccc(=O)cc-3oc3cc(OP(=O)(O)O)ccc23)c(C)c1.COc1ccc(-c2c3ccc(=O)cc-3oc3cc(OP(=O)(O)OP(=O)(O)OP(=O)(O)OP(=O)(O)OC[C@H]4O[C@@H](C)CC4O)ccc23)c(C)c1.S=S.[2H]CF. The van der Waals surface area contributed by atoms with Gasteiger partial charge in [0.2, 0.25) is 0 Å². The Kier molecular flexibility index (Phi) is 24.1. The Labute approximate surface area is 490 Å². The highest BCUT2D eigenvalue weighted by molar-refractivity contribution is 8.07. The molecule has 5 unspecified atom stereocenters. The van der Waals surface area contributed by atoms with Gasteiger partial charge in [0.05, 0.1) is 41.6 Å². The highest BCUT2D eigenvalue weighted by Crippen LogP contribution is 2.71. The van der Waals surface area contributed by atoms with Crippen LogP contribution in [0.5, 0.6) is 23.0 Å². The zero-order chi connectivity index (χ0) is 61.4. The first-order valence-corrected chi connectivity index (χ1v) is 32.0. The molecular formula is C51H58FO25P5S2. The smallest absolute Gasteiger partial charge is 0.497 e. The molecule has 4 aromatic carbocycles. The number of aryl methyl sites for hydroxylation is 2. The molecule has 5 aliphatic rings. The van der Waals surface area contributed by atoms with Crippen LogP contribution in [0.4, 0.5) is 4.39 Å². The van der Waals surface area contributed by atoms with E-state index in [4.69, 9.17) is 38.7 Å². The van der Waals surface area contributed by atoms with E-state index in [-0.39, 0.29) is 49.2 Å². The molecule has 7 atom stereocenters. The van der Waals surface area contributed by atoms with Gasteiger partial charge in [-0.15, -0.1) is 0 Å². The number of benzene rings is 6. The average molecular weight is 1310 g/mol. The minimum absolute atomic E-state index is 0. The van der Waals surface area contributed by atoms with Crippen molar-refractivity contribution >= 4 is 83.4 Å². The van der Waals surface area contributed by atoms with Crippen molar-refractivity contribution in [2.75, 3.05) is 28.0 Å². The van der Waals surface area contributed by atoms with Gasteiger partial charge in [0.25, 0.3) is 0 Å². The van der Waals surface area contributed by atoms with E-state index in [1.807, 2.05) is 32.0 Å². The zero-order valence-electron chi connectivity index (χ0n) is 44.2. The Morgan fingerprint density at radius 1 is 0.583 bits per heavy atom. The minimum atomic E-state index is -6.06. The average Bonchev–Trinajstić information content (AvgIpc) is 1.47. The number of aliphatic hydroxyl groups excluding tert-OH is 1. The summed E-state index contributed by atoms with van der Waals surface area (Å²) in [6.45, 7) is 4.62. The Bertz CT molecular complexity index is 3960. The second-order valence-corrected chi connectivity index (χ2v) is 24.6. The van der Waals surface area contributed by atoms with Crippen molar-refractivity contribution < 1.29 is 113 Å². The van der Waals surface area contributed by atoms with Crippen LogP contribution in [0, 0.1) is 13.8 Å². The largest absolute Gasteiger partial charge is 0.536 e. The van der Waals surface area contributed by atoms with Crippen molar-refractivity contribution in [3.63, 3.8) is 0 Å². The maximum Gasteiger partial charge on any atom is 0.536 e. The van der Waals surface area contributed by atoms with Gasteiger partial charge in [-0.2, -0.15) is 12.9 Å². The number of hydrogen-bond donors (Lipinski definition) is 7.